The zero-order valence-corrected chi connectivity index (χ0v) is 16.1. The standard InChI is InChI=1S/C20H16N2O3S2/c1-2-21-15-6-4-3-5-13(15)14-9-12(7-8-16(14)21)10-17-19(25)22(11-18(23)24)20(26)27-17/h3-10H,2,11H2,1H3,(H,23,24)/b17-10+. The summed E-state index contributed by atoms with van der Waals surface area (Å²) in [6.07, 6.45) is 1.78. The minimum Gasteiger partial charge on any atom is -0.480 e. The van der Waals surface area contributed by atoms with Gasteiger partial charge in [0.2, 0.25) is 0 Å². The summed E-state index contributed by atoms with van der Waals surface area (Å²) in [7, 11) is 0. The van der Waals surface area contributed by atoms with Crippen LogP contribution < -0.4 is 0 Å². The lowest BCUT2D eigenvalue weighted by atomic mass is 10.1. The molecule has 1 N–H and O–H groups in total. The van der Waals surface area contributed by atoms with Crippen molar-refractivity contribution in [2.45, 2.75) is 13.5 Å². The molecular weight excluding hydrogens is 380 g/mol. The van der Waals surface area contributed by atoms with Crippen LogP contribution in [0.5, 0.6) is 0 Å². The summed E-state index contributed by atoms with van der Waals surface area (Å²) in [5.41, 5.74) is 3.21. The van der Waals surface area contributed by atoms with E-state index in [1.54, 1.807) is 6.08 Å². The van der Waals surface area contributed by atoms with Gasteiger partial charge < -0.3 is 9.67 Å². The molecule has 2 aromatic carbocycles. The zero-order chi connectivity index (χ0) is 19.1. The second-order valence-corrected chi connectivity index (χ2v) is 7.88. The van der Waals surface area contributed by atoms with Gasteiger partial charge in [0, 0.05) is 28.4 Å². The summed E-state index contributed by atoms with van der Waals surface area (Å²) >= 11 is 6.29. The van der Waals surface area contributed by atoms with Crippen molar-refractivity contribution in [1.82, 2.24) is 9.47 Å². The number of thioether (sulfide) groups is 1. The molecule has 5 nitrogen and oxygen atoms in total. The van der Waals surface area contributed by atoms with Crippen molar-refractivity contribution in [2.24, 2.45) is 0 Å². The molecule has 4 rings (SSSR count). The van der Waals surface area contributed by atoms with E-state index in [2.05, 4.69) is 35.8 Å². The smallest absolute Gasteiger partial charge is 0.323 e. The maximum atomic E-state index is 12.5. The second-order valence-electron chi connectivity index (χ2n) is 6.20. The third-order valence-electron chi connectivity index (χ3n) is 4.58. The highest BCUT2D eigenvalue weighted by molar-refractivity contribution is 8.26. The van der Waals surface area contributed by atoms with Crippen molar-refractivity contribution >= 4 is 68.1 Å². The number of para-hydroxylation sites is 1. The molecule has 3 aromatic rings. The van der Waals surface area contributed by atoms with E-state index in [0.29, 0.717) is 4.91 Å². The minimum atomic E-state index is -1.08. The van der Waals surface area contributed by atoms with Crippen molar-refractivity contribution in [2.75, 3.05) is 6.54 Å². The molecule has 0 aliphatic carbocycles. The van der Waals surface area contributed by atoms with Gasteiger partial charge in [0.05, 0.1) is 4.91 Å². The van der Waals surface area contributed by atoms with Crippen LogP contribution in [-0.2, 0) is 16.1 Å². The maximum Gasteiger partial charge on any atom is 0.323 e. The lowest BCUT2D eigenvalue weighted by molar-refractivity contribution is -0.140. The van der Waals surface area contributed by atoms with Crippen LogP contribution in [0.15, 0.2) is 47.4 Å². The predicted molar refractivity (Wildman–Crippen MR) is 113 cm³/mol. The SMILES string of the molecule is CCn1c2ccccc2c2cc(/C=C3/SC(=S)N(CC(=O)O)C3=O)ccc21. The van der Waals surface area contributed by atoms with Gasteiger partial charge in [-0.15, -0.1) is 0 Å². The number of rotatable bonds is 4. The lowest BCUT2D eigenvalue weighted by Crippen LogP contribution is -2.33. The summed E-state index contributed by atoms with van der Waals surface area (Å²) in [6.45, 7) is 2.58. The van der Waals surface area contributed by atoms with Gasteiger partial charge in [-0.05, 0) is 36.8 Å². The van der Waals surface area contributed by atoms with Crippen molar-refractivity contribution < 1.29 is 14.7 Å². The number of carboxylic acids is 1. The minimum absolute atomic E-state index is 0.275. The third kappa shape index (κ3) is 3.02. The molecule has 7 heteroatoms. The van der Waals surface area contributed by atoms with Gasteiger partial charge in [-0.2, -0.15) is 0 Å². The van der Waals surface area contributed by atoms with E-state index in [-0.39, 0.29) is 10.2 Å². The lowest BCUT2D eigenvalue weighted by Gasteiger charge is -2.10. The Labute approximate surface area is 165 Å². The number of aryl methyl sites for hydroxylation is 1. The predicted octanol–water partition coefficient (Wildman–Crippen LogP) is 4.10. The first-order valence-electron chi connectivity index (χ1n) is 8.47. The molecule has 2 heterocycles. The molecule has 0 bridgehead atoms. The molecule has 0 radical (unpaired) electrons. The molecule has 0 spiro atoms. The molecule has 0 unspecified atom stereocenters. The summed E-state index contributed by atoms with van der Waals surface area (Å²) in [5, 5.41) is 11.2. The molecule has 1 amide bonds. The van der Waals surface area contributed by atoms with Crippen molar-refractivity contribution in [3.8, 4) is 0 Å². The van der Waals surface area contributed by atoms with E-state index in [9.17, 15) is 9.59 Å². The van der Waals surface area contributed by atoms with Crippen LogP contribution in [0.3, 0.4) is 0 Å². The Morgan fingerprint density at radius 2 is 1.93 bits per heavy atom. The van der Waals surface area contributed by atoms with Crippen molar-refractivity contribution in [1.29, 1.82) is 0 Å². The number of thiocarbonyl (C=S) groups is 1. The first-order chi connectivity index (χ1) is 13.0. The Morgan fingerprint density at radius 1 is 1.19 bits per heavy atom. The number of carboxylic acid groups (broad SMARTS) is 1. The molecule has 136 valence electrons. The fourth-order valence-electron chi connectivity index (χ4n) is 3.42. The number of hydrogen-bond donors (Lipinski definition) is 1. The highest BCUT2D eigenvalue weighted by atomic mass is 32.2. The van der Waals surface area contributed by atoms with Gasteiger partial charge >= 0.3 is 5.97 Å². The van der Waals surface area contributed by atoms with Crippen LogP contribution in [0.4, 0.5) is 0 Å². The average Bonchev–Trinajstić information content (AvgIpc) is 3.10. The summed E-state index contributed by atoms with van der Waals surface area (Å²) in [5.74, 6) is -1.44. The van der Waals surface area contributed by atoms with E-state index in [1.165, 1.54) is 10.9 Å². The van der Waals surface area contributed by atoms with Crippen molar-refractivity contribution in [3.63, 3.8) is 0 Å². The van der Waals surface area contributed by atoms with Gasteiger partial charge in [-0.25, -0.2) is 0 Å². The molecule has 1 fully saturated rings. The molecule has 1 aliphatic rings. The van der Waals surface area contributed by atoms with Gasteiger partial charge in [0.1, 0.15) is 10.9 Å². The van der Waals surface area contributed by atoms with E-state index in [4.69, 9.17) is 17.3 Å². The molecule has 0 atom stereocenters. The van der Waals surface area contributed by atoms with Crippen LogP contribution in [0.25, 0.3) is 27.9 Å². The Bertz CT molecular complexity index is 1150. The Kier molecular flexibility index (Phi) is 4.49. The number of carbonyl (C=O) groups excluding carboxylic acids is 1. The quantitative estimate of drug-likeness (QED) is 0.531. The summed E-state index contributed by atoms with van der Waals surface area (Å²) in [4.78, 5) is 25.0. The van der Waals surface area contributed by atoms with E-state index in [0.717, 1.165) is 39.7 Å². The average molecular weight is 396 g/mol. The zero-order valence-electron chi connectivity index (χ0n) is 14.5. The van der Waals surface area contributed by atoms with E-state index < -0.39 is 12.5 Å². The number of fused-ring (bicyclic) bond motifs is 3. The van der Waals surface area contributed by atoms with Crippen LogP contribution in [-0.4, -0.2) is 37.3 Å². The molecule has 0 saturated carbocycles. The third-order valence-corrected chi connectivity index (χ3v) is 5.96. The fourth-order valence-corrected chi connectivity index (χ4v) is 4.68. The summed E-state index contributed by atoms with van der Waals surface area (Å²) < 4.78 is 2.54. The van der Waals surface area contributed by atoms with Gasteiger partial charge in [-0.1, -0.05) is 48.2 Å². The van der Waals surface area contributed by atoms with E-state index in [1.807, 2.05) is 18.2 Å². The number of aliphatic carboxylic acids is 1. The highest BCUT2D eigenvalue weighted by Crippen LogP contribution is 2.34. The molecule has 27 heavy (non-hydrogen) atoms. The number of carbonyl (C=O) groups is 2. The van der Waals surface area contributed by atoms with Gasteiger partial charge in [-0.3, -0.25) is 14.5 Å². The number of benzene rings is 2. The van der Waals surface area contributed by atoms with Gasteiger partial charge in [0.15, 0.2) is 0 Å². The monoisotopic (exact) mass is 396 g/mol. The van der Waals surface area contributed by atoms with Crippen molar-refractivity contribution in [3.05, 3.63) is 52.9 Å². The number of nitrogens with zero attached hydrogens (tertiary/aromatic N) is 2. The number of aromatic nitrogens is 1. The van der Waals surface area contributed by atoms with E-state index >= 15 is 0 Å². The summed E-state index contributed by atoms with van der Waals surface area (Å²) in [6, 6.07) is 14.3. The number of hydrogen-bond acceptors (Lipinski definition) is 4. The molecule has 1 saturated heterocycles. The van der Waals surface area contributed by atoms with Crippen LogP contribution in [0, 0.1) is 0 Å². The maximum absolute atomic E-state index is 12.5. The normalized spacial score (nSPS) is 16.2. The molecule has 1 aliphatic heterocycles. The molecule has 1 aromatic heterocycles. The fraction of sp³-hybridized carbons (Fsp3) is 0.150. The Balaban J connectivity index is 1.78. The highest BCUT2D eigenvalue weighted by Gasteiger charge is 2.33. The topological polar surface area (TPSA) is 62.5 Å². The van der Waals surface area contributed by atoms with Gasteiger partial charge in [0.25, 0.3) is 5.91 Å². The molecular formula is C20H16N2O3S2. The largest absolute Gasteiger partial charge is 0.480 e. The Morgan fingerprint density at radius 3 is 2.67 bits per heavy atom. The Hall–Kier alpha value is -2.64. The van der Waals surface area contributed by atoms with Crippen LogP contribution >= 0.6 is 24.0 Å². The number of amides is 1. The second kappa shape index (κ2) is 6.83. The van der Waals surface area contributed by atoms with Crippen LogP contribution in [0.2, 0.25) is 0 Å². The van der Waals surface area contributed by atoms with Crippen LogP contribution in [0.1, 0.15) is 12.5 Å². The first-order valence-corrected chi connectivity index (χ1v) is 9.70. The first kappa shape index (κ1) is 17.8.